The van der Waals surface area contributed by atoms with Crippen molar-refractivity contribution in [3.63, 3.8) is 0 Å². The Kier molecular flexibility index (Phi) is 5.97. The standard InChI is InChI=1S/C13H22BrN3O2S/c1-5-13(4,6-2)17-20(18,19)11-8-10(14)9-16-12(11)15-7-3/h8-9,17H,5-7H2,1-4H3,(H,15,16). The Hall–Kier alpha value is -0.660. The molecular formula is C13H22BrN3O2S. The number of pyridine rings is 1. The third-order valence-corrected chi connectivity index (χ3v) is 5.48. The molecule has 0 amide bonds. The lowest BCUT2D eigenvalue weighted by molar-refractivity contribution is 0.388. The Morgan fingerprint density at radius 1 is 1.30 bits per heavy atom. The van der Waals surface area contributed by atoms with E-state index in [4.69, 9.17) is 0 Å². The lowest BCUT2D eigenvalue weighted by Crippen LogP contribution is -2.45. The average Bonchev–Trinajstić information content (AvgIpc) is 2.40. The van der Waals surface area contributed by atoms with E-state index in [1.54, 1.807) is 12.3 Å². The molecule has 2 N–H and O–H groups in total. The van der Waals surface area contributed by atoms with E-state index in [0.29, 0.717) is 16.8 Å². The molecule has 20 heavy (non-hydrogen) atoms. The molecule has 0 fully saturated rings. The quantitative estimate of drug-likeness (QED) is 0.780. The Morgan fingerprint density at radius 2 is 1.90 bits per heavy atom. The van der Waals surface area contributed by atoms with E-state index in [2.05, 4.69) is 31.0 Å². The minimum Gasteiger partial charge on any atom is -0.369 e. The van der Waals surface area contributed by atoms with Crippen molar-refractivity contribution >= 4 is 31.8 Å². The molecular weight excluding hydrogens is 342 g/mol. The second kappa shape index (κ2) is 6.87. The van der Waals surface area contributed by atoms with Crippen molar-refractivity contribution in [1.29, 1.82) is 0 Å². The maximum Gasteiger partial charge on any atom is 0.244 e. The molecule has 0 bridgehead atoms. The predicted molar refractivity (Wildman–Crippen MR) is 85.4 cm³/mol. The van der Waals surface area contributed by atoms with Crippen LogP contribution in [0.15, 0.2) is 21.6 Å². The molecule has 0 unspecified atom stereocenters. The fourth-order valence-corrected chi connectivity index (χ4v) is 3.89. The number of hydrogen-bond acceptors (Lipinski definition) is 4. The number of aromatic nitrogens is 1. The molecule has 7 heteroatoms. The molecule has 114 valence electrons. The van der Waals surface area contributed by atoms with Crippen LogP contribution in [0.3, 0.4) is 0 Å². The summed E-state index contributed by atoms with van der Waals surface area (Å²) in [5.74, 6) is 0.373. The normalized spacial score (nSPS) is 12.4. The molecule has 0 aliphatic carbocycles. The Balaban J connectivity index is 3.24. The van der Waals surface area contributed by atoms with Crippen LogP contribution in [0.2, 0.25) is 0 Å². The smallest absolute Gasteiger partial charge is 0.244 e. The van der Waals surface area contributed by atoms with Gasteiger partial charge in [-0.3, -0.25) is 0 Å². The summed E-state index contributed by atoms with van der Waals surface area (Å²) >= 11 is 3.27. The number of sulfonamides is 1. The lowest BCUT2D eigenvalue weighted by Gasteiger charge is -2.28. The van der Waals surface area contributed by atoms with Crippen LogP contribution in [0.4, 0.5) is 5.82 Å². The highest BCUT2D eigenvalue weighted by Gasteiger charge is 2.29. The highest BCUT2D eigenvalue weighted by Crippen LogP contribution is 2.25. The van der Waals surface area contributed by atoms with Crippen molar-refractivity contribution in [3.8, 4) is 0 Å². The SMILES string of the molecule is CCNc1ncc(Br)cc1S(=O)(=O)NC(C)(CC)CC. The van der Waals surface area contributed by atoms with Crippen LogP contribution in [-0.4, -0.2) is 25.5 Å². The van der Waals surface area contributed by atoms with Crippen LogP contribution in [0.5, 0.6) is 0 Å². The number of rotatable bonds is 7. The van der Waals surface area contributed by atoms with Crippen molar-refractivity contribution in [2.45, 2.75) is 51.0 Å². The Bertz CT molecular complexity index is 557. The molecule has 1 aromatic rings. The topological polar surface area (TPSA) is 71.1 Å². The number of anilines is 1. The number of nitrogens with one attached hydrogen (secondary N) is 2. The van der Waals surface area contributed by atoms with Gasteiger partial charge in [-0.15, -0.1) is 0 Å². The van der Waals surface area contributed by atoms with Gasteiger partial charge in [0, 0.05) is 22.8 Å². The van der Waals surface area contributed by atoms with E-state index >= 15 is 0 Å². The molecule has 1 aromatic heterocycles. The van der Waals surface area contributed by atoms with Crippen LogP contribution in [0.25, 0.3) is 0 Å². The van der Waals surface area contributed by atoms with Crippen molar-refractivity contribution in [1.82, 2.24) is 9.71 Å². The van der Waals surface area contributed by atoms with E-state index in [-0.39, 0.29) is 4.90 Å². The van der Waals surface area contributed by atoms with Crippen LogP contribution in [-0.2, 0) is 10.0 Å². The molecule has 0 aliphatic heterocycles. The molecule has 0 saturated carbocycles. The van der Waals surface area contributed by atoms with Gasteiger partial charge in [0.15, 0.2) is 0 Å². The zero-order chi connectivity index (χ0) is 15.4. The first kappa shape index (κ1) is 17.4. The molecule has 0 aromatic carbocycles. The predicted octanol–water partition coefficient (Wildman–Crippen LogP) is 3.13. The summed E-state index contributed by atoms with van der Waals surface area (Å²) in [6.45, 7) is 8.35. The first-order valence-corrected chi connectivity index (χ1v) is 8.99. The van der Waals surface area contributed by atoms with Gasteiger partial charge in [0.25, 0.3) is 0 Å². The average molecular weight is 364 g/mol. The Labute approximate surface area is 129 Å². The molecule has 0 saturated heterocycles. The van der Waals surface area contributed by atoms with E-state index in [1.807, 2.05) is 27.7 Å². The van der Waals surface area contributed by atoms with Gasteiger partial charge in [0.2, 0.25) is 10.0 Å². The van der Waals surface area contributed by atoms with Gasteiger partial charge >= 0.3 is 0 Å². The highest BCUT2D eigenvalue weighted by atomic mass is 79.9. The second-order valence-electron chi connectivity index (χ2n) is 4.90. The number of halogens is 1. The second-order valence-corrected chi connectivity index (χ2v) is 7.47. The van der Waals surface area contributed by atoms with Crippen LogP contribution >= 0.6 is 15.9 Å². The van der Waals surface area contributed by atoms with Gasteiger partial charge in [0.05, 0.1) is 0 Å². The van der Waals surface area contributed by atoms with E-state index < -0.39 is 15.6 Å². The fourth-order valence-electron chi connectivity index (χ4n) is 1.70. The largest absolute Gasteiger partial charge is 0.369 e. The third-order valence-electron chi connectivity index (χ3n) is 3.39. The maximum absolute atomic E-state index is 12.6. The maximum atomic E-state index is 12.6. The first-order chi connectivity index (χ1) is 9.28. The van der Waals surface area contributed by atoms with E-state index in [1.165, 1.54) is 0 Å². The van der Waals surface area contributed by atoms with Crippen molar-refractivity contribution in [3.05, 3.63) is 16.7 Å². The third kappa shape index (κ3) is 4.17. The molecule has 5 nitrogen and oxygen atoms in total. The summed E-state index contributed by atoms with van der Waals surface area (Å²) in [6, 6.07) is 1.57. The van der Waals surface area contributed by atoms with Crippen LogP contribution in [0, 0.1) is 0 Å². The van der Waals surface area contributed by atoms with Gasteiger partial charge in [-0.25, -0.2) is 18.1 Å². The van der Waals surface area contributed by atoms with Gasteiger partial charge in [-0.1, -0.05) is 13.8 Å². The van der Waals surface area contributed by atoms with Crippen LogP contribution < -0.4 is 10.0 Å². The van der Waals surface area contributed by atoms with E-state index in [0.717, 1.165) is 12.8 Å². The summed E-state index contributed by atoms with van der Waals surface area (Å²) in [5.41, 5.74) is -0.454. The van der Waals surface area contributed by atoms with Gasteiger partial charge in [0.1, 0.15) is 10.7 Å². The first-order valence-electron chi connectivity index (χ1n) is 6.71. The molecule has 1 heterocycles. The minimum absolute atomic E-state index is 0.168. The molecule has 0 atom stereocenters. The monoisotopic (exact) mass is 363 g/mol. The molecule has 0 radical (unpaired) electrons. The van der Waals surface area contributed by atoms with Crippen molar-refractivity contribution in [2.24, 2.45) is 0 Å². The summed E-state index contributed by atoms with van der Waals surface area (Å²) in [4.78, 5) is 4.31. The van der Waals surface area contributed by atoms with Crippen molar-refractivity contribution < 1.29 is 8.42 Å². The number of nitrogens with zero attached hydrogens (tertiary/aromatic N) is 1. The summed E-state index contributed by atoms with van der Waals surface area (Å²) in [6.07, 6.45) is 3.03. The summed E-state index contributed by atoms with van der Waals surface area (Å²) in [7, 11) is -3.62. The molecule has 0 spiro atoms. The minimum atomic E-state index is -3.62. The summed E-state index contributed by atoms with van der Waals surface area (Å²) < 4.78 is 28.6. The van der Waals surface area contributed by atoms with Crippen molar-refractivity contribution in [2.75, 3.05) is 11.9 Å². The molecule has 0 aliphatic rings. The Morgan fingerprint density at radius 3 is 2.40 bits per heavy atom. The molecule has 1 rings (SSSR count). The van der Waals surface area contributed by atoms with Crippen LogP contribution in [0.1, 0.15) is 40.5 Å². The van der Waals surface area contributed by atoms with E-state index in [9.17, 15) is 8.42 Å². The lowest BCUT2D eigenvalue weighted by atomic mass is 9.98. The zero-order valence-electron chi connectivity index (χ0n) is 12.3. The number of hydrogen-bond donors (Lipinski definition) is 2. The van der Waals surface area contributed by atoms with Gasteiger partial charge in [-0.2, -0.15) is 0 Å². The highest BCUT2D eigenvalue weighted by molar-refractivity contribution is 9.10. The fraction of sp³-hybridized carbons (Fsp3) is 0.615. The van der Waals surface area contributed by atoms with Gasteiger partial charge in [-0.05, 0) is 48.7 Å². The van der Waals surface area contributed by atoms with Gasteiger partial charge < -0.3 is 5.32 Å². The zero-order valence-corrected chi connectivity index (χ0v) is 14.7. The summed E-state index contributed by atoms with van der Waals surface area (Å²) in [5, 5.41) is 2.98.